The van der Waals surface area contributed by atoms with Crippen molar-refractivity contribution in [3.8, 4) is 11.1 Å². The number of aromatic nitrogens is 1. The Balaban J connectivity index is 2.09. The molecule has 0 amide bonds. The second kappa shape index (κ2) is 5.13. The Labute approximate surface area is 116 Å². The highest BCUT2D eigenvalue weighted by atomic mass is 16.5. The molecule has 98 valence electrons. The maximum atomic E-state index is 11.4. The molecule has 0 aliphatic carbocycles. The zero-order valence-corrected chi connectivity index (χ0v) is 11.0. The van der Waals surface area contributed by atoms with Crippen molar-refractivity contribution >= 4 is 16.9 Å². The lowest BCUT2D eigenvalue weighted by Crippen LogP contribution is -2.00. The minimum Gasteiger partial charge on any atom is -0.465 e. The highest BCUT2D eigenvalue weighted by molar-refractivity contribution is 5.95. The molecule has 0 saturated carbocycles. The van der Waals surface area contributed by atoms with Crippen molar-refractivity contribution in [1.29, 1.82) is 0 Å². The lowest BCUT2D eigenvalue weighted by molar-refractivity contribution is 0.0601. The van der Waals surface area contributed by atoms with Crippen molar-refractivity contribution < 1.29 is 9.53 Å². The summed E-state index contributed by atoms with van der Waals surface area (Å²) in [5.41, 5.74) is 3.67. The van der Waals surface area contributed by atoms with Gasteiger partial charge in [0.25, 0.3) is 0 Å². The van der Waals surface area contributed by atoms with Gasteiger partial charge in [-0.3, -0.25) is 4.98 Å². The molecule has 3 aromatic rings. The monoisotopic (exact) mass is 263 g/mol. The summed E-state index contributed by atoms with van der Waals surface area (Å²) in [6.45, 7) is 0. The molecule has 3 nitrogen and oxygen atoms in total. The maximum absolute atomic E-state index is 11.4. The van der Waals surface area contributed by atoms with Crippen LogP contribution in [0.4, 0.5) is 0 Å². The number of ether oxygens (including phenoxy) is 1. The predicted molar refractivity (Wildman–Crippen MR) is 78.5 cm³/mol. The third kappa shape index (κ3) is 2.14. The van der Waals surface area contributed by atoms with Crippen LogP contribution in [0.2, 0.25) is 0 Å². The van der Waals surface area contributed by atoms with E-state index in [0.717, 1.165) is 22.0 Å². The topological polar surface area (TPSA) is 39.2 Å². The summed E-state index contributed by atoms with van der Waals surface area (Å²) in [5, 5.41) is 1.10. The molecule has 20 heavy (non-hydrogen) atoms. The largest absolute Gasteiger partial charge is 0.465 e. The number of hydrogen-bond donors (Lipinski definition) is 0. The number of methoxy groups -OCH3 is 1. The molecule has 3 heteroatoms. The molecule has 0 unspecified atom stereocenters. The fourth-order valence-corrected chi connectivity index (χ4v) is 2.26. The summed E-state index contributed by atoms with van der Waals surface area (Å²) >= 11 is 0. The fraction of sp³-hybridized carbons (Fsp3) is 0.0588. The molecule has 0 atom stereocenters. The quantitative estimate of drug-likeness (QED) is 0.662. The van der Waals surface area contributed by atoms with Gasteiger partial charge in [-0.25, -0.2) is 4.79 Å². The van der Waals surface area contributed by atoms with Gasteiger partial charge < -0.3 is 4.74 Å². The Morgan fingerprint density at radius 3 is 2.55 bits per heavy atom. The smallest absolute Gasteiger partial charge is 0.337 e. The van der Waals surface area contributed by atoms with Gasteiger partial charge in [-0.05, 0) is 35.4 Å². The van der Waals surface area contributed by atoms with Crippen LogP contribution in [0.25, 0.3) is 22.0 Å². The van der Waals surface area contributed by atoms with Crippen molar-refractivity contribution in [3.63, 3.8) is 0 Å². The molecule has 3 rings (SSSR count). The molecule has 0 bridgehead atoms. The fourth-order valence-electron chi connectivity index (χ4n) is 2.26. The van der Waals surface area contributed by atoms with E-state index in [1.165, 1.54) is 7.11 Å². The minimum atomic E-state index is -0.323. The number of benzene rings is 2. The molecule has 0 saturated heterocycles. The lowest BCUT2D eigenvalue weighted by Gasteiger charge is -2.07. The Bertz CT molecular complexity index is 758. The first kappa shape index (κ1) is 12.4. The summed E-state index contributed by atoms with van der Waals surface area (Å²) in [7, 11) is 1.38. The number of esters is 1. The maximum Gasteiger partial charge on any atom is 0.337 e. The summed E-state index contributed by atoms with van der Waals surface area (Å²) in [6.07, 6.45) is 1.78. The number of carbonyl (C=O) groups excluding carboxylic acids is 1. The average Bonchev–Trinajstić information content (AvgIpc) is 2.54. The molecule has 0 aliphatic heterocycles. The third-order valence-corrected chi connectivity index (χ3v) is 3.26. The van der Waals surface area contributed by atoms with Gasteiger partial charge in [-0.1, -0.05) is 30.3 Å². The van der Waals surface area contributed by atoms with Crippen LogP contribution in [0.1, 0.15) is 10.4 Å². The number of carbonyl (C=O) groups is 1. The van der Waals surface area contributed by atoms with Crippen molar-refractivity contribution in [3.05, 3.63) is 66.4 Å². The summed E-state index contributed by atoms with van der Waals surface area (Å²) in [5.74, 6) is -0.323. The standard InChI is InChI=1S/C17H13NO2/c1-20-17(19)13-9-7-12(8-10-13)14-4-2-6-16-15(14)5-3-11-18-16/h2-11H,1H3. The van der Waals surface area contributed by atoms with E-state index in [1.54, 1.807) is 18.3 Å². The van der Waals surface area contributed by atoms with Crippen LogP contribution in [0.3, 0.4) is 0 Å². The van der Waals surface area contributed by atoms with Crippen molar-refractivity contribution in [2.45, 2.75) is 0 Å². The molecule has 0 fully saturated rings. The van der Waals surface area contributed by atoms with Crippen molar-refractivity contribution in [2.75, 3.05) is 7.11 Å². The molecular weight excluding hydrogens is 250 g/mol. The van der Waals surface area contributed by atoms with Crippen LogP contribution in [-0.4, -0.2) is 18.1 Å². The van der Waals surface area contributed by atoms with E-state index >= 15 is 0 Å². The van der Waals surface area contributed by atoms with Gasteiger partial charge in [0.15, 0.2) is 0 Å². The zero-order valence-electron chi connectivity index (χ0n) is 11.0. The number of pyridine rings is 1. The van der Waals surface area contributed by atoms with E-state index in [1.807, 2.05) is 36.4 Å². The Morgan fingerprint density at radius 1 is 1.00 bits per heavy atom. The summed E-state index contributed by atoms with van der Waals surface area (Å²) < 4.78 is 4.70. The molecule has 1 aromatic heterocycles. The second-order valence-corrected chi connectivity index (χ2v) is 4.44. The summed E-state index contributed by atoms with van der Waals surface area (Å²) in [4.78, 5) is 15.8. The van der Waals surface area contributed by atoms with Crippen LogP contribution >= 0.6 is 0 Å². The van der Waals surface area contributed by atoms with Gasteiger partial charge in [0.2, 0.25) is 0 Å². The number of nitrogens with zero attached hydrogens (tertiary/aromatic N) is 1. The van der Waals surface area contributed by atoms with E-state index in [0.29, 0.717) is 5.56 Å². The van der Waals surface area contributed by atoms with Crippen LogP contribution in [0, 0.1) is 0 Å². The van der Waals surface area contributed by atoms with E-state index < -0.39 is 0 Å². The van der Waals surface area contributed by atoms with Gasteiger partial charge in [-0.2, -0.15) is 0 Å². The highest BCUT2D eigenvalue weighted by Crippen LogP contribution is 2.27. The van der Waals surface area contributed by atoms with Crippen LogP contribution in [-0.2, 0) is 4.74 Å². The average molecular weight is 263 g/mol. The van der Waals surface area contributed by atoms with Gasteiger partial charge in [0.05, 0.1) is 18.2 Å². The SMILES string of the molecule is COC(=O)c1ccc(-c2cccc3ncccc23)cc1. The first-order chi connectivity index (χ1) is 9.79. The van der Waals surface area contributed by atoms with Crippen molar-refractivity contribution in [1.82, 2.24) is 4.98 Å². The first-order valence-electron chi connectivity index (χ1n) is 6.32. The number of fused-ring (bicyclic) bond motifs is 1. The van der Waals surface area contributed by atoms with Crippen LogP contribution in [0.15, 0.2) is 60.8 Å². The van der Waals surface area contributed by atoms with Crippen LogP contribution < -0.4 is 0 Å². The number of hydrogen-bond acceptors (Lipinski definition) is 3. The number of rotatable bonds is 2. The van der Waals surface area contributed by atoms with E-state index in [9.17, 15) is 4.79 Å². The van der Waals surface area contributed by atoms with E-state index in [2.05, 4.69) is 11.1 Å². The molecule has 0 aliphatic rings. The van der Waals surface area contributed by atoms with Crippen LogP contribution in [0.5, 0.6) is 0 Å². The first-order valence-corrected chi connectivity index (χ1v) is 6.32. The lowest BCUT2D eigenvalue weighted by atomic mass is 9.99. The molecule has 0 spiro atoms. The molecule has 0 N–H and O–H groups in total. The Hall–Kier alpha value is -2.68. The molecular formula is C17H13NO2. The Kier molecular flexibility index (Phi) is 3.17. The zero-order chi connectivity index (χ0) is 13.9. The predicted octanol–water partition coefficient (Wildman–Crippen LogP) is 3.69. The third-order valence-electron chi connectivity index (χ3n) is 3.26. The Morgan fingerprint density at radius 2 is 1.80 bits per heavy atom. The van der Waals surface area contributed by atoms with Crippen molar-refractivity contribution in [2.24, 2.45) is 0 Å². The minimum absolute atomic E-state index is 0.323. The van der Waals surface area contributed by atoms with E-state index in [4.69, 9.17) is 4.74 Å². The van der Waals surface area contributed by atoms with Gasteiger partial charge >= 0.3 is 5.97 Å². The molecule has 1 heterocycles. The molecule has 0 radical (unpaired) electrons. The normalized spacial score (nSPS) is 10.4. The van der Waals surface area contributed by atoms with Gasteiger partial charge in [-0.15, -0.1) is 0 Å². The highest BCUT2D eigenvalue weighted by Gasteiger charge is 2.07. The molecule has 2 aromatic carbocycles. The van der Waals surface area contributed by atoms with Gasteiger partial charge in [0.1, 0.15) is 0 Å². The summed E-state index contributed by atoms with van der Waals surface area (Å²) in [6, 6.07) is 17.4. The second-order valence-electron chi connectivity index (χ2n) is 4.44. The van der Waals surface area contributed by atoms with Gasteiger partial charge in [0, 0.05) is 11.6 Å². The van der Waals surface area contributed by atoms with E-state index in [-0.39, 0.29) is 5.97 Å².